The summed E-state index contributed by atoms with van der Waals surface area (Å²) in [6, 6.07) is 0. The van der Waals surface area contributed by atoms with Crippen molar-refractivity contribution in [1.82, 2.24) is 0 Å². The molecule has 0 amide bonds. The van der Waals surface area contributed by atoms with E-state index in [9.17, 15) is 5.11 Å². The smallest absolute Gasteiger partial charge is 0.0637 e. The van der Waals surface area contributed by atoms with E-state index in [2.05, 4.69) is 50.8 Å². The van der Waals surface area contributed by atoms with Gasteiger partial charge < -0.3 is 19.3 Å². The van der Waals surface area contributed by atoms with Crippen LogP contribution in [0.2, 0.25) is 0 Å². The summed E-state index contributed by atoms with van der Waals surface area (Å²) >= 11 is 0. The van der Waals surface area contributed by atoms with Crippen LogP contribution in [0.1, 0.15) is 78.6 Å². The molecule has 13 nitrogen and oxygen atoms in total. The van der Waals surface area contributed by atoms with Crippen LogP contribution in [0, 0.1) is 46.3 Å². The van der Waals surface area contributed by atoms with Gasteiger partial charge in [-0.1, -0.05) is 36.1 Å². The third-order valence-electron chi connectivity index (χ3n) is 12.0. The minimum Gasteiger partial charge on any atom is -0.396 e. The lowest BCUT2D eigenvalue weighted by atomic mass is 9.43. The number of aliphatic hydroxyl groups is 1. The predicted molar refractivity (Wildman–Crippen MR) is 163 cm³/mol. The van der Waals surface area contributed by atoms with Gasteiger partial charge in [0, 0.05) is 46.4 Å². The monoisotopic (exact) mass is 601 g/mol. The number of hydrogen-bond donors (Lipinski definition) is 1. The van der Waals surface area contributed by atoms with E-state index in [0.717, 1.165) is 57.8 Å². The van der Waals surface area contributed by atoms with Gasteiger partial charge in [0.2, 0.25) is 0 Å². The maximum Gasteiger partial charge on any atom is 0.0637 e. The quantitative estimate of drug-likeness (QED) is 0.0835. The van der Waals surface area contributed by atoms with E-state index in [1.165, 1.54) is 0 Å². The van der Waals surface area contributed by atoms with Crippen molar-refractivity contribution in [3.63, 3.8) is 0 Å². The Morgan fingerprint density at radius 2 is 1.49 bits per heavy atom. The van der Waals surface area contributed by atoms with Gasteiger partial charge in [0.25, 0.3) is 0 Å². The molecule has 4 fully saturated rings. The molecule has 0 radical (unpaired) electrons. The topological polar surface area (TPSA) is 194 Å². The summed E-state index contributed by atoms with van der Waals surface area (Å²) in [6.45, 7) is 9.75. The normalized spacial score (nSPS) is 38.8. The Bertz CT molecular complexity index is 1060. The summed E-state index contributed by atoms with van der Waals surface area (Å²) in [5, 5.41) is 20.7. The van der Waals surface area contributed by atoms with Gasteiger partial charge in [-0.05, 0) is 115 Å². The number of aliphatic hydroxyl groups excluding tert-OH is 1. The van der Waals surface area contributed by atoms with E-state index in [0.29, 0.717) is 75.0 Å². The van der Waals surface area contributed by atoms with Gasteiger partial charge in [0.1, 0.15) is 0 Å². The molecule has 13 heteroatoms. The average molecular weight is 602 g/mol. The molecule has 0 aromatic heterocycles. The van der Waals surface area contributed by atoms with Crippen molar-refractivity contribution in [1.29, 1.82) is 0 Å². The van der Waals surface area contributed by atoms with Gasteiger partial charge in [-0.25, -0.2) is 0 Å². The van der Waals surface area contributed by atoms with Crippen LogP contribution in [0.15, 0.2) is 15.3 Å². The molecule has 0 saturated heterocycles. The second-order valence-corrected chi connectivity index (χ2v) is 13.8. The Morgan fingerprint density at radius 1 is 0.837 bits per heavy atom. The number of hydrogen-bond acceptors (Lipinski definition) is 7. The summed E-state index contributed by atoms with van der Waals surface area (Å²) in [4.78, 5) is 8.72. The standard InChI is InChI=1S/C30H51N9O4/c1-20(5-4-13-40)23-6-7-24-28-25(19-27(30(23,24)3)43-16-12-36-39-33)29(2)9-8-22(41-14-10-34-37-31)17-21(29)18-26(28)42-15-11-35-38-32/h20-28,40H,4-19H2,1-3H3/t20-,21?,22+,23-,24+,25+,26?,27+,28?,29+,30-/m1/s1. The first-order valence-corrected chi connectivity index (χ1v) is 16.3. The van der Waals surface area contributed by atoms with Crippen molar-refractivity contribution in [3.8, 4) is 0 Å². The zero-order valence-electron chi connectivity index (χ0n) is 26.2. The van der Waals surface area contributed by atoms with Crippen LogP contribution in [-0.4, -0.2) is 69.5 Å². The minimum absolute atomic E-state index is 0.0500. The summed E-state index contributed by atoms with van der Waals surface area (Å²) < 4.78 is 19.6. The number of fused-ring (bicyclic) bond motifs is 5. The first-order chi connectivity index (χ1) is 20.8. The lowest BCUT2D eigenvalue weighted by Crippen LogP contribution is -2.63. The van der Waals surface area contributed by atoms with Gasteiger partial charge in [0.15, 0.2) is 0 Å². The fourth-order valence-electron chi connectivity index (χ4n) is 10.1. The number of rotatable bonds is 16. The highest BCUT2D eigenvalue weighted by Gasteiger charge is 2.66. The molecule has 1 N–H and O–H groups in total. The van der Waals surface area contributed by atoms with Crippen molar-refractivity contribution in [2.24, 2.45) is 61.7 Å². The highest BCUT2D eigenvalue weighted by Crippen LogP contribution is 2.69. The first kappa shape index (κ1) is 33.7. The molecule has 4 saturated carbocycles. The zero-order valence-corrected chi connectivity index (χ0v) is 26.2. The third kappa shape index (κ3) is 7.20. The van der Waals surface area contributed by atoms with Crippen LogP contribution in [0.25, 0.3) is 31.3 Å². The Labute approximate surface area is 255 Å². The zero-order chi connectivity index (χ0) is 30.9. The van der Waals surface area contributed by atoms with E-state index >= 15 is 0 Å². The average Bonchev–Trinajstić information content (AvgIpc) is 3.37. The molecule has 240 valence electrons. The minimum atomic E-state index is -0.0520. The van der Waals surface area contributed by atoms with Crippen LogP contribution < -0.4 is 0 Å². The SMILES string of the molecule is C[C@H](CCCO)[C@H]1CC[C@H]2C3C(OCCN=[N+]=[N-])CC4C[C@@H](OCCN=[N+]=[N-])CC[C@]4(C)[C@H]3C[C@H](OCCN=[N+]=[N-])[C@]12C. The maximum atomic E-state index is 9.57. The van der Waals surface area contributed by atoms with E-state index in [1.54, 1.807) is 0 Å². The number of azide groups is 3. The molecule has 0 bridgehead atoms. The summed E-state index contributed by atoms with van der Waals surface area (Å²) in [7, 11) is 0. The second-order valence-electron chi connectivity index (χ2n) is 13.8. The fraction of sp³-hybridized carbons (Fsp3) is 1.00. The molecule has 4 aliphatic carbocycles. The summed E-state index contributed by atoms with van der Waals surface area (Å²) in [5.41, 5.74) is 26.4. The molecule has 43 heavy (non-hydrogen) atoms. The van der Waals surface area contributed by atoms with Crippen LogP contribution in [0.3, 0.4) is 0 Å². The van der Waals surface area contributed by atoms with Crippen molar-refractivity contribution in [3.05, 3.63) is 31.3 Å². The molecule has 0 aromatic carbocycles. The lowest BCUT2D eigenvalue weighted by molar-refractivity contribution is -0.226. The van der Waals surface area contributed by atoms with E-state index in [4.69, 9.17) is 30.8 Å². The second kappa shape index (κ2) is 15.7. The van der Waals surface area contributed by atoms with Crippen molar-refractivity contribution in [2.45, 2.75) is 96.9 Å². The van der Waals surface area contributed by atoms with Crippen molar-refractivity contribution in [2.75, 3.05) is 46.1 Å². The highest BCUT2D eigenvalue weighted by atomic mass is 16.5. The molecular weight excluding hydrogens is 550 g/mol. The summed E-state index contributed by atoms with van der Waals surface area (Å²) in [6.07, 6.45) is 9.25. The molecule has 0 aliphatic heterocycles. The Balaban J connectivity index is 1.65. The Morgan fingerprint density at radius 3 is 2.14 bits per heavy atom. The summed E-state index contributed by atoms with van der Waals surface area (Å²) in [5.74, 6) is 2.59. The largest absolute Gasteiger partial charge is 0.396 e. The van der Waals surface area contributed by atoms with Gasteiger partial charge >= 0.3 is 0 Å². The van der Waals surface area contributed by atoms with Crippen molar-refractivity contribution < 1.29 is 19.3 Å². The Kier molecular flexibility index (Phi) is 12.3. The van der Waals surface area contributed by atoms with Crippen LogP contribution in [-0.2, 0) is 14.2 Å². The molecule has 4 rings (SSSR count). The molecule has 3 unspecified atom stereocenters. The van der Waals surface area contributed by atoms with E-state index in [-0.39, 0.29) is 35.7 Å². The van der Waals surface area contributed by atoms with Crippen LogP contribution in [0.5, 0.6) is 0 Å². The first-order valence-electron chi connectivity index (χ1n) is 16.3. The predicted octanol–water partition coefficient (Wildman–Crippen LogP) is 7.36. The molecule has 0 spiro atoms. The van der Waals surface area contributed by atoms with Crippen molar-refractivity contribution >= 4 is 0 Å². The highest BCUT2D eigenvalue weighted by molar-refractivity contribution is 5.15. The third-order valence-corrected chi connectivity index (χ3v) is 12.0. The van der Waals surface area contributed by atoms with Gasteiger partial charge in [0.05, 0.1) is 38.1 Å². The number of nitrogens with zero attached hydrogens (tertiary/aromatic N) is 9. The van der Waals surface area contributed by atoms with Gasteiger partial charge in [-0.3, -0.25) is 0 Å². The molecule has 4 aliphatic rings. The molecule has 0 aromatic rings. The van der Waals surface area contributed by atoms with Gasteiger partial charge in [-0.2, -0.15) is 0 Å². The fourth-order valence-corrected chi connectivity index (χ4v) is 10.1. The molecule has 11 atom stereocenters. The van der Waals surface area contributed by atoms with E-state index < -0.39 is 0 Å². The number of ether oxygens (including phenoxy) is 3. The van der Waals surface area contributed by atoms with Crippen LogP contribution >= 0.6 is 0 Å². The maximum absolute atomic E-state index is 9.57. The molecular formula is C30H51N9O4. The van der Waals surface area contributed by atoms with Crippen LogP contribution in [0.4, 0.5) is 0 Å². The molecule has 0 heterocycles. The Hall–Kier alpha value is -2.23. The van der Waals surface area contributed by atoms with E-state index in [1.807, 2.05) is 0 Å². The van der Waals surface area contributed by atoms with Gasteiger partial charge in [-0.15, -0.1) is 0 Å². The lowest BCUT2D eigenvalue weighted by Gasteiger charge is -2.64.